The van der Waals surface area contributed by atoms with Crippen LogP contribution >= 0.6 is 11.3 Å². The van der Waals surface area contributed by atoms with Gasteiger partial charge in [-0.15, -0.1) is 11.3 Å². The molecule has 1 atom stereocenters. The monoisotopic (exact) mass is 356 g/mol. The van der Waals surface area contributed by atoms with Crippen molar-refractivity contribution in [3.05, 3.63) is 33.4 Å². The number of hydrogen-bond donors (Lipinski definition) is 2. The van der Waals surface area contributed by atoms with Crippen molar-refractivity contribution in [1.29, 1.82) is 0 Å². The van der Waals surface area contributed by atoms with Crippen LogP contribution in [0.2, 0.25) is 0 Å². The minimum absolute atomic E-state index is 0.238. The maximum atomic E-state index is 12.2. The molecular weight excluding hydrogens is 336 g/mol. The Bertz CT molecular complexity index is 819. The minimum Gasteiger partial charge on any atom is -0.387 e. The Morgan fingerprint density at radius 3 is 3.12 bits per heavy atom. The van der Waals surface area contributed by atoms with E-state index >= 15 is 0 Å². The van der Waals surface area contributed by atoms with Gasteiger partial charge in [0.1, 0.15) is 5.70 Å². The third-order valence-electron chi connectivity index (χ3n) is 4.69. The molecule has 7 heteroatoms. The number of aromatic nitrogens is 1. The second-order valence-electron chi connectivity index (χ2n) is 6.52. The summed E-state index contributed by atoms with van der Waals surface area (Å²) in [5.41, 5.74) is 5.16. The van der Waals surface area contributed by atoms with Crippen molar-refractivity contribution in [1.82, 2.24) is 10.3 Å². The van der Waals surface area contributed by atoms with Gasteiger partial charge in [-0.25, -0.2) is 15.0 Å². The average molecular weight is 356 g/mol. The number of aliphatic hydroxyl groups excluding tert-OH is 1. The van der Waals surface area contributed by atoms with Gasteiger partial charge in [-0.3, -0.25) is 10.1 Å². The van der Waals surface area contributed by atoms with E-state index in [1.165, 1.54) is 0 Å². The molecule has 2 N–H and O–H groups in total. The van der Waals surface area contributed by atoms with Crippen LogP contribution in [0.3, 0.4) is 0 Å². The van der Waals surface area contributed by atoms with Crippen LogP contribution in [0.1, 0.15) is 49.1 Å². The number of aliphatic imine (C=N–C) groups is 2. The molecule has 1 aromatic rings. The predicted octanol–water partition coefficient (Wildman–Crippen LogP) is 2.61. The first-order valence-corrected chi connectivity index (χ1v) is 9.57. The number of allylic oxidation sites excluding steroid dienone is 2. The summed E-state index contributed by atoms with van der Waals surface area (Å²) in [5.74, 6) is 0.0561. The van der Waals surface area contributed by atoms with Gasteiger partial charge in [0.2, 0.25) is 5.96 Å². The van der Waals surface area contributed by atoms with E-state index in [-0.39, 0.29) is 5.91 Å². The van der Waals surface area contributed by atoms with E-state index in [0.29, 0.717) is 11.7 Å². The van der Waals surface area contributed by atoms with Crippen LogP contribution in [0, 0.1) is 0 Å². The van der Waals surface area contributed by atoms with Crippen molar-refractivity contribution in [2.45, 2.75) is 51.0 Å². The number of nitrogens with one attached hydrogen (secondary N) is 1. The van der Waals surface area contributed by atoms with Crippen LogP contribution in [-0.4, -0.2) is 33.8 Å². The van der Waals surface area contributed by atoms with Gasteiger partial charge in [0.15, 0.2) is 0 Å². The zero-order valence-corrected chi connectivity index (χ0v) is 14.7. The van der Waals surface area contributed by atoms with Crippen molar-refractivity contribution in [2.24, 2.45) is 9.98 Å². The van der Waals surface area contributed by atoms with Crippen LogP contribution in [0.25, 0.3) is 6.08 Å². The van der Waals surface area contributed by atoms with Crippen molar-refractivity contribution < 1.29 is 9.90 Å². The third-order valence-corrected chi connectivity index (χ3v) is 5.51. The SMILES string of the molecule is O=C1NC(N=C2CCCCC[C@H]2O)=N/C1=C\C1=Cc2scnc2CC1. The summed E-state index contributed by atoms with van der Waals surface area (Å²) < 4.78 is 0. The second-order valence-corrected chi connectivity index (χ2v) is 7.41. The Balaban J connectivity index is 1.56. The number of thiazole rings is 1. The minimum atomic E-state index is -0.527. The van der Waals surface area contributed by atoms with Gasteiger partial charge in [-0.1, -0.05) is 12.8 Å². The van der Waals surface area contributed by atoms with Gasteiger partial charge in [0.05, 0.1) is 27.9 Å². The lowest BCUT2D eigenvalue weighted by Gasteiger charge is -2.09. The number of nitrogens with zero attached hydrogens (tertiary/aromatic N) is 3. The molecule has 1 fully saturated rings. The highest BCUT2D eigenvalue weighted by molar-refractivity contribution is 7.10. The van der Waals surface area contributed by atoms with E-state index in [1.807, 2.05) is 11.6 Å². The van der Waals surface area contributed by atoms with E-state index in [4.69, 9.17) is 0 Å². The van der Waals surface area contributed by atoms with Gasteiger partial charge in [-0.2, -0.15) is 0 Å². The smallest absolute Gasteiger partial charge is 0.276 e. The fraction of sp³-hybridized carbons (Fsp3) is 0.444. The Morgan fingerprint density at radius 1 is 1.28 bits per heavy atom. The molecule has 6 nitrogen and oxygen atoms in total. The molecule has 2 aliphatic carbocycles. The van der Waals surface area contributed by atoms with Crippen LogP contribution in [0.5, 0.6) is 0 Å². The fourth-order valence-electron chi connectivity index (χ4n) is 3.31. The van der Waals surface area contributed by atoms with E-state index in [0.717, 1.165) is 66.8 Å². The summed E-state index contributed by atoms with van der Waals surface area (Å²) >= 11 is 1.61. The molecule has 0 bridgehead atoms. The zero-order chi connectivity index (χ0) is 17.2. The van der Waals surface area contributed by atoms with Crippen molar-refractivity contribution in [2.75, 3.05) is 0 Å². The van der Waals surface area contributed by atoms with Gasteiger partial charge in [-0.05, 0) is 49.8 Å². The lowest BCUT2D eigenvalue weighted by Crippen LogP contribution is -2.26. The first-order chi connectivity index (χ1) is 12.2. The summed E-state index contributed by atoms with van der Waals surface area (Å²) in [6.07, 6.45) is 9.74. The molecule has 1 amide bonds. The van der Waals surface area contributed by atoms with Crippen molar-refractivity contribution >= 4 is 35.0 Å². The maximum Gasteiger partial charge on any atom is 0.276 e. The Kier molecular flexibility index (Phi) is 4.59. The summed E-state index contributed by atoms with van der Waals surface area (Å²) in [7, 11) is 0. The van der Waals surface area contributed by atoms with Gasteiger partial charge in [0.25, 0.3) is 5.91 Å². The Hall–Kier alpha value is -2.12. The molecule has 3 aliphatic rings. The average Bonchev–Trinajstić information content (AvgIpc) is 3.13. The summed E-state index contributed by atoms with van der Waals surface area (Å²) in [6.45, 7) is 0. The summed E-state index contributed by atoms with van der Waals surface area (Å²) in [5, 5.41) is 12.9. The standard InChI is InChI=1S/C18H20N4O2S/c23-15-5-3-1-2-4-12(15)20-18-21-14(17(24)22-18)8-11-6-7-13-16(9-11)25-10-19-13/h8-10,15,23H,1-7H2,(H,21,22,24)/b14-8-,20-12?/t15-/m1/s1. The number of fused-ring (bicyclic) bond motifs is 1. The zero-order valence-electron chi connectivity index (χ0n) is 13.9. The van der Waals surface area contributed by atoms with E-state index < -0.39 is 6.10 Å². The lowest BCUT2D eigenvalue weighted by atomic mass is 10.0. The highest BCUT2D eigenvalue weighted by atomic mass is 32.1. The molecule has 0 aromatic carbocycles. The molecular formula is C18H20N4O2S. The predicted molar refractivity (Wildman–Crippen MR) is 98.6 cm³/mol. The van der Waals surface area contributed by atoms with Crippen LogP contribution in [-0.2, 0) is 11.2 Å². The molecule has 4 rings (SSSR count). The number of carbonyl (C=O) groups is 1. The van der Waals surface area contributed by atoms with Crippen molar-refractivity contribution in [3.63, 3.8) is 0 Å². The first-order valence-electron chi connectivity index (χ1n) is 8.69. The molecule has 130 valence electrons. The Labute approximate surface area is 150 Å². The largest absolute Gasteiger partial charge is 0.387 e. The Morgan fingerprint density at radius 2 is 2.20 bits per heavy atom. The number of rotatable bonds is 1. The molecule has 25 heavy (non-hydrogen) atoms. The van der Waals surface area contributed by atoms with Gasteiger partial charge in [0, 0.05) is 0 Å². The van der Waals surface area contributed by atoms with Gasteiger partial charge >= 0.3 is 0 Å². The first kappa shape index (κ1) is 16.4. The lowest BCUT2D eigenvalue weighted by molar-refractivity contribution is -0.115. The third kappa shape index (κ3) is 3.62. The van der Waals surface area contributed by atoms with Crippen LogP contribution in [0.15, 0.2) is 32.8 Å². The molecule has 0 saturated heterocycles. The van der Waals surface area contributed by atoms with Gasteiger partial charge < -0.3 is 5.11 Å². The van der Waals surface area contributed by atoms with E-state index in [1.54, 1.807) is 11.3 Å². The number of guanidine groups is 1. The number of aliphatic hydroxyl groups is 1. The molecule has 1 aliphatic heterocycles. The number of hydrogen-bond acceptors (Lipinski definition) is 6. The molecule has 2 heterocycles. The molecule has 1 aromatic heterocycles. The van der Waals surface area contributed by atoms with Crippen LogP contribution < -0.4 is 5.32 Å². The second kappa shape index (κ2) is 7.01. The maximum absolute atomic E-state index is 12.2. The highest BCUT2D eigenvalue weighted by Gasteiger charge is 2.23. The number of aryl methyl sites for hydroxylation is 1. The molecule has 0 spiro atoms. The van der Waals surface area contributed by atoms with Crippen molar-refractivity contribution in [3.8, 4) is 0 Å². The number of carbonyl (C=O) groups excluding carboxylic acids is 1. The fourth-order valence-corrected chi connectivity index (χ4v) is 4.11. The normalized spacial score (nSPS) is 26.9. The van der Waals surface area contributed by atoms with E-state index in [9.17, 15) is 9.90 Å². The molecule has 0 unspecified atom stereocenters. The molecule has 0 radical (unpaired) electrons. The quantitative estimate of drug-likeness (QED) is 0.599. The summed E-state index contributed by atoms with van der Waals surface area (Å²) in [6, 6.07) is 0. The van der Waals surface area contributed by atoms with Crippen LogP contribution in [0.4, 0.5) is 0 Å². The number of amides is 1. The van der Waals surface area contributed by atoms with E-state index in [2.05, 4.69) is 26.4 Å². The highest BCUT2D eigenvalue weighted by Crippen LogP contribution is 2.28. The topological polar surface area (TPSA) is 86.9 Å². The summed E-state index contributed by atoms with van der Waals surface area (Å²) in [4.78, 5) is 26.4. The molecule has 1 saturated carbocycles.